The molecular formula is C22H27N3O7S. The molecule has 0 saturated carbocycles. The lowest BCUT2D eigenvalue weighted by molar-refractivity contribution is -0.125. The van der Waals surface area contributed by atoms with E-state index in [1.165, 1.54) is 24.3 Å². The van der Waals surface area contributed by atoms with Gasteiger partial charge in [0.25, 0.3) is 15.9 Å². The Morgan fingerprint density at radius 1 is 1.03 bits per heavy atom. The fourth-order valence-corrected chi connectivity index (χ4v) is 3.89. The van der Waals surface area contributed by atoms with Gasteiger partial charge in [-0.1, -0.05) is 26.0 Å². The molecule has 2 N–H and O–H groups in total. The molecular weight excluding hydrogens is 450 g/mol. The quantitative estimate of drug-likeness (QED) is 0.497. The Labute approximate surface area is 192 Å². The van der Waals surface area contributed by atoms with Gasteiger partial charge in [0.05, 0.1) is 17.6 Å². The number of nitrogens with zero attached hydrogens (tertiary/aromatic N) is 1. The van der Waals surface area contributed by atoms with Crippen molar-refractivity contribution in [2.24, 2.45) is 5.92 Å². The molecule has 0 fully saturated rings. The molecule has 2 aromatic rings. The average Bonchev–Trinajstić information content (AvgIpc) is 2.80. The average molecular weight is 478 g/mol. The second-order valence-electron chi connectivity index (χ2n) is 7.07. The van der Waals surface area contributed by atoms with Crippen LogP contribution in [0.1, 0.15) is 42.6 Å². The highest BCUT2D eigenvalue weighted by Crippen LogP contribution is 2.13. The van der Waals surface area contributed by atoms with Gasteiger partial charge in [-0.3, -0.25) is 9.59 Å². The first-order chi connectivity index (χ1) is 15.7. The van der Waals surface area contributed by atoms with Gasteiger partial charge >= 0.3 is 6.16 Å². The highest BCUT2D eigenvalue weighted by molar-refractivity contribution is 7.90. The van der Waals surface area contributed by atoms with Gasteiger partial charge in [0.15, 0.2) is 0 Å². The summed E-state index contributed by atoms with van der Waals surface area (Å²) in [6.07, 6.45) is 2.20. The highest BCUT2D eigenvalue weighted by atomic mass is 32.2. The van der Waals surface area contributed by atoms with E-state index in [1.807, 2.05) is 18.6 Å². The molecule has 1 aromatic carbocycles. The molecule has 0 aliphatic heterocycles. The van der Waals surface area contributed by atoms with Crippen LogP contribution in [-0.2, 0) is 26.0 Å². The Hall–Kier alpha value is -3.47. The van der Waals surface area contributed by atoms with Crippen molar-refractivity contribution in [3.63, 3.8) is 0 Å². The largest absolute Gasteiger partial charge is 0.514 e. The predicted octanol–water partition coefficient (Wildman–Crippen LogP) is 2.44. The molecule has 0 unspecified atom stereocenters. The maximum Gasteiger partial charge on any atom is 0.514 e. The number of carbonyl (C=O) groups excluding carboxylic acids is 3. The predicted molar refractivity (Wildman–Crippen MR) is 119 cm³/mol. The van der Waals surface area contributed by atoms with Crippen LogP contribution in [0.25, 0.3) is 0 Å². The molecule has 0 aliphatic rings. The van der Waals surface area contributed by atoms with Gasteiger partial charge in [0, 0.05) is 24.7 Å². The Balaban J connectivity index is 1.95. The van der Waals surface area contributed by atoms with Crippen molar-refractivity contribution in [2.75, 3.05) is 13.7 Å². The summed E-state index contributed by atoms with van der Waals surface area (Å²) in [5.41, 5.74) is 0.802. The summed E-state index contributed by atoms with van der Waals surface area (Å²) in [6.45, 7) is 4.38. The second-order valence-corrected chi connectivity index (χ2v) is 8.76. The minimum Gasteiger partial charge on any atom is -0.437 e. The number of pyridine rings is 1. The molecule has 33 heavy (non-hydrogen) atoms. The normalized spacial score (nSPS) is 11.0. The molecule has 0 radical (unpaired) electrons. The van der Waals surface area contributed by atoms with Gasteiger partial charge in [0.2, 0.25) is 11.8 Å². The molecule has 1 heterocycles. The van der Waals surface area contributed by atoms with Crippen LogP contribution in [0.2, 0.25) is 0 Å². The number of aromatic nitrogens is 1. The van der Waals surface area contributed by atoms with Crippen molar-refractivity contribution in [3.8, 4) is 5.88 Å². The Bertz CT molecular complexity index is 1060. The number of hydrogen-bond acceptors (Lipinski definition) is 8. The maximum atomic E-state index is 12.5. The minimum absolute atomic E-state index is 0.00657. The minimum atomic E-state index is -4.11. The van der Waals surface area contributed by atoms with Gasteiger partial charge in [0.1, 0.15) is 0 Å². The van der Waals surface area contributed by atoms with Crippen LogP contribution in [0, 0.1) is 5.92 Å². The lowest BCUT2D eigenvalue weighted by atomic mass is 10.0. The number of carbonyl (C=O) groups is 3. The van der Waals surface area contributed by atoms with E-state index in [9.17, 15) is 22.8 Å². The number of ether oxygens (including phenoxy) is 2. The van der Waals surface area contributed by atoms with Gasteiger partial charge in [-0.2, -0.15) is 0 Å². The zero-order chi connectivity index (χ0) is 24.4. The van der Waals surface area contributed by atoms with Gasteiger partial charge in [-0.25, -0.2) is 22.9 Å². The standard InChI is InChI=1S/C22H27N3O7S/c1-4-16(5-2)20(26)23-13-12-15-6-9-18(10-7-15)33(29,30)25-21(27)17-8-11-19(24-14-17)32-22(28)31-3/h6-11,14,16H,4-5,12-13H2,1-3H3,(H,23,26)(H,25,27). The van der Waals surface area contributed by atoms with E-state index in [1.54, 1.807) is 12.1 Å². The number of sulfonamides is 1. The smallest absolute Gasteiger partial charge is 0.437 e. The number of benzene rings is 1. The molecule has 0 atom stereocenters. The van der Waals surface area contributed by atoms with Crippen LogP contribution in [0.5, 0.6) is 5.88 Å². The van der Waals surface area contributed by atoms with Crippen LogP contribution < -0.4 is 14.8 Å². The van der Waals surface area contributed by atoms with Gasteiger partial charge in [-0.15, -0.1) is 0 Å². The fourth-order valence-electron chi connectivity index (χ4n) is 2.91. The monoisotopic (exact) mass is 477 g/mol. The Morgan fingerprint density at radius 2 is 1.70 bits per heavy atom. The topological polar surface area (TPSA) is 141 Å². The second kappa shape index (κ2) is 12.0. The van der Waals surface area contributed by atoms with E-state index in [-0.39, 0.29) is 28.2 Å². The third kappa shape index (κ3) is 7.56. The molecule has 0 saturated heterocycles. The van der Waals surface area contributed by atoms with E-state index in [0.29, 0.717) is 13.0 Å². The van der Waals surface area contributed by atoms with Crippen LogP contribution in [0.15, 0.2) is 47.5 Å². The van der Waals surface area contributed by atoms with Crippen LogP contribution >= 0.6 is 0 Å². The molecule has 1 aromatic heterocycles. The summed E-state index contributed by atoms with van der Waals surface area (Å²) >= 11 is 0. The van der Waals surface area contributed by atoms with Crippen molar-refractivity contribution in [1.29, 1.82) is 0 Å². The zero-order valence-corrected chi connectivity index (χ0v) is 19.5. The first-order valence-electron chi connectivity index (χ1n) is 10.4. The van der Waals surface area contributed by atoms with Crippen LogP contribution in [0.3, 0.4) is 0 Å². The number of methoxy groups -OCH3 is 1. The number of amides is 2. The van der Waals surface area contributed by atoms with Crippen molar-refractivity contribution in [2.45, 2.75) is 38.0 Å². The summed E-state index contributed by atoms with van der Waals surface area (Å²) < 4.78 is 36.0. The Morgan fingerprint density at radius 3 is 2.24 bits per heavy atom. The van der Waals surface area contributed by atoms with Crippen molar-refractivity contribution >= 4 is 28.0 Å². The fraction of sp³-hybridized carbons (Fsp3) is 0.364. The molecule has 178 valence electrons. The van der Waals surface area contributed by atoms with Gasteiger partial charge < -0.3 is 14.8 Å². The molecule has 2 rings (SSSR count). The first kappa shape index (κ1) is 25.8. The third-order valence-corrected chi connectivity index (χ3v) is 6.23. The van der Waals surface area contributed by atoms with Crippen LogP contribution in [0.4, 0.5) is 4.79 Å². The SMILES string of the molecule is CCC(CC)C(=O)NCCc1ccc(S(=O)(=O)NC(=O)c2ccc(OC(=O)OC)nc2)cc1. The molecule has 11 heteroatoms. The summed E-state index contributed by atoms with van der Waals surface area (Å²) in [5, 5.41) is 2.89. The number of hydrogen-bond donors (Lipinski definition) is 2. The molecule has 0 bridgehead atoms. The summed E-state index contributed by atoms with van der Waals surface area (Å²) in [7, 11) is -2.98. The molecule has 0 aliphatic carbocycles. The maximum absolute atomic E-state index is 12.5. The van der Waals surface area contributed by atoms with E-state index >= 15 is 0 Å². The van der Waals surface area contributed by atoms with E-state index in [4.69, 9.17) is 4.74 Å². The van der Waals surface area contributed by atoms with E-state index < -0.39 is 22.1 Å². The van der Waals surface area contributed by atoms with Crippen molar-refractivity contribution < 1.29 is 32.3 Å². The van der Waals surface area contributed by atoms with Crippen molar-refractivity contribution in [1.82, 2.24) is 15.0 Å². The van der Waals surface area contributed by atoms with Gasteiger partial charge in [-0.05, 0) is 43.0 Å². The lowest BCUT2D eigenvalue weighted by Crippen LogP contribution is -2.31. The molecule has 2 amide bonds. The van der Waals surface area contributed by atoms with E-state index in [2.05, 4.69) is 15.0 Å². The Kier molecular flexibility index (Phi) is 9.34. The van der Waals surface area contributed by atoms with Crippen LogP contribution in [-0.4, -0.2) is 45.0 Å². The summed E-state index contributed by atoms with van der Waals surface area (Å²) in [4.78, 5) is 39.0. The number of nitrogens with one attached hydrogen (secondary N) is 2. The highest BCUT2D eigenvalue weighted by Gasteiger charge is 2.19. The first-order valence-corrected chi connectivity index (χ1v) is 11.8. The van der Waals surface area contributed by atoms with Crippen molar-refractivity contribution in [3.05, 3.63) is 53.7 Å². The zero-order valence-electron chi connectivity index (χ0n) is 18.7. The molecule has 10 nitrogen and oxygen atoms in total. The number of rotatable bonds is 10. The summed E-state index contributed by atoms with van der Waals surface area (Å²) in [6, 6.07) is 8.52. The third-order valence-electron chi connectivity index (χ3n) is 4.88. The van der Waals surface area contributed by atoms with E-state index in [0.717, 1.165) is 31.7 Å². The summed E-state index contributed by atoms with van der Waals surface area (Å²) in [5.74, 6) is -0.984. The molecule has 0 spiro atoms. The lowest BCUT2D eigenvalue weighted by Gasteiger charge is -2.12.